The molecule has 1 N–H and O–H groups in total. The van der Waals surface area contributed by atoms with Crippen LogP contribution in [-0.4, -0.2) is 19.2 Å². The zero-order valence-electron chi connectivity index (χ0n) is 13.0. The van der Waals surface area contributed by atoms with Crippen molar-refractivity contribution >= 4 is 12.1 Å². The molecule has 0 aliphatic heterocycles. The summed E-state index contributed by atoms with van der Waals surface area (Å²) < 4.78 is 5.13. The summed E-state index contributed by atoms with van der Waals surface area (Å²) in [6.45, 7) is 4.24. The van der Waals surface area contributed by atoms with Crippen molar-refractivity contribution in [3.8, 4) is 5.75 Å². The molecule has 0 radical (unpaired) electrons. The highest BCUT2D eigenvalue weighted by Crippen LogP contribution is 2.14. The predicted molar refractivity (Wildman–Crippen MR) is 88.6 cm³/mol. The van der Waals surface area contributed by atoms with Crippen molar-refractivity contribution in [1.29, 1.82) is 0 Å². The van der Waals surface area contributed by atoms with Gasteiger partial charge < -0.3 is 4.74 Å². The van der Waals surface area contributed by atoms with Gasteiger partial charge in [0.1, 0.15) is 5.75 Å². The second-order valence-electron chi connectivity index (χ2n) is 5.25. The van der Waals surface area contributed by atoms with E-state index in [2.05, 4.69) is 24.4 Å². The zero-order chi connectivity index (χ0) is 15.9. The van der Waals surface area contributed by atoms with Gasteiger partial charge in [-0.2, -0.15) is 5.10 Å². The number of carbonyl (C=O) groups is 1. The number of nitrogens with zero attached hydrogens (tertiary/aromatic N) is 1. The Morgan fingerprint density at radius 1 is 1.18 bits per heavy atom. The van der Waals surface area contributed by atoms with Crippen LogP contribution in [-0.2, 0) is 0 Å². The van der Waals surface area contributed by atoms with E-state index in [4.69, 9.17) is 4.74 Å². The minimum Gasteiger partial charge on any atom is -0.497 e. The first-order valence-electron chi connectivity index (χ1n) is 7.17. The maximum absolute atomic E-state index is 12.0. The van der Waals surface area contributed by atoms with Gasteiger partial charge in [0.2, 0.25) is 0 Å². The first-order chi connectivity index (χ1) is 10.6. The number of rotatable bonds is 5. The molecule has 0 bridgehead atoms. The minimum atomic E-state index is -0.227. The average Bonchev–Trinajstić information content (AvgIpc) is 2.55. The summed E-state index contributed by atoms with van der Waals surface area (Å²) in [5.74, 6) is 0.970. The first kappa shape index (κ1) is 15.8. The summed E-state index contributed by atoms with van der Waals surface area (Å²) in [5.41, 5.74) is 5.17. The number of nitrogens with one attached hydrogen (secondary N) is 1. The summed E-state index contributed by atoms with van der Waals surface area (Å²) in [4.78, 5) is 12.0. The lowest BCUT2D eigenvalue weighted by Gasteiger charge is -2.06. The van der Waals surface area contributed by atoms with Crippen molar-refractivity contribution < 1.29 is 9.53 Å². The minimum absolute atomic E-state index is 0.227. The molecule has 2 aromatic rings. The fourth-order valence-electron chi connectivity index (χ4n) is 1.97. The summed E-state index contributed by atoms with van der Waals surface area (Å²) in [6, 6.07) is 15.0. The zero-order valence-corrected chi connectivity index (χ0v) is 13.0. The number of benzene rings is 2. The number of hydrogen-bond donors (Lipinski definition) is 1. The smallest absolute Gasteiger partial charge is 0.271 e. The molecule has 0 spiro atoms. The lowest BCUT2D eigenvalue weighted by atomic mass is 10.0. The molecule has 0 atom stereocenters. The highest BCUT2D eigenvalue weighted by atomic mass is 16.5. The van der Waals surface area contributed by atoms with Crippen LogP contribution in [0.1, 0.15) is 41.3 Å². The van der Waals surface area contributed by atoms with Crippen LogP contribution in [0.4, 0.5) is 0 Å². The van der Waals surface area contributed by atoms with Crippen LogP contribution in [0.15, 0.2) is 53.6 Å². The molecule has 0 saturated carbocycles. The van der Waals surface area contributed by atoms with Crippen molar-refractivity contribution in [3.63, 3.8) is 0 Å². The molecule has 2 aromatic carbocycles. The van der Waals surface area contributed by atoms with Gasteiger partial charge in [0.05, 0.1) is 13.3 Å². The molecule has 4 heteroatoms. The Hall–Kier alpha value is -2.62. The molecule has 2 rings (SSSR count). The molecule has 114 valence electrons. The Bertz CT molecular complexity index is 661. The second-order valence-corrected chi connectivity index (χ2v) is 5.25. The van der Waals surface area contributed by atoms with E-state index in [1.54, 1.807) is 13.3 Å². The third kappa shape index (κ3) is 4.19. The van der Waals surface area contributed by atoms with Gasteiger partial charge in [-0.15, -0.1) is 0 Å². The topological polar surface area (TPSA) is 50.7 Å². The van der Waals surface area contributed by atoms with Gasteiger partial charge in [0, 0.05) is 5.56 Å². The summed E-state index contributed by atoms with van der Waals surface area (Å²) in [6.07, 6.45) is 1.59. The number of amides is 1. The van der Waals surface area contributed by atoms with E-state index in [1.165, 1.54) is 5.56 Å². The van der Waals surface area contributed by atoms with E-state index in [1.807, 2.05) is 48.5 Å². The van der Waals surface area contributed by atoms with E-state index in [-0.39, 0.29) is 5.91 Å². The molecule has 0 unspecified atom stereocenters. The summed E-state index contributed by atoms with van der Waals surface area (Å²) in [7, 11) is 1.61. The molecular weight excluding hydrogens is 276 g/mol. The highest BCUT2D eigenvalue weighted by molar-refractivity contribution is 5.94. The number of ether oxygens (including phenoxy) is 1. The summed E-state index contributed by atoms with van der Waals surface area (Å²) >= 11 is 0. The molecule has 0 aromatic heterocycles. The highest BCUT2D eigenvalue weighted by Gasteiger charge is 2.05. The van der Waals surface area contributed by atoms with Crippen molar-refractivity contribution in [2.45, 2.75) is 19.8 Å². The Labute approximate surface area is 130 Å². The van der Waals surface area contributed by atoms with Crippen molar-refractivity contribution in [2.75, 3.05) is 7.11 Å². The van der Waals surface area contributed by atoms with Gasteiger partial charge in [-0.1, -0.05) is 38.1 Å². The second kappa shape index (κ2) is 7.41. The van der Waals surface area contributed by atoms with Gasteiger partial charge in [-0.25, -0.2) is 5.43 Å². The lowest BCUT2D eigenvalue weighted by molar-refractivity contribution is 0.0955. The molecule has 0 heterocycles. The first-order valence-corrected chi connectivity index (χ1v) is 7.17. The number of carbonyl (C=O) groups excluding carboxylic acids is 1. The Morgan fingerprint density at radius 3 is 2.55 bits per heavy atom. The van der Waals surface area contributed by atoms with Gasteiger partial charge in [-0.3, -0.25) is 4.79 Å². The molecule has 0 aliphatic rings. The van der Waals surface area contributed by atoms with Crippen LogP contribution in [0.25, 0.3) is 0 Å². The van der Waals surface area contributed by atoms with E-state index < -0.39 is 0 Å². The SMILES string of the molecule is COc1cccc(C=NNC(=O)c2ccc(C(C)C)cc2)c1. The molecule has 1 amide bonds. The van der Waals surface area contributed by atoms with E-state index in [0.29, 0.717) is 11.5 Å². The molecule has 0 aliphatic carbocycles. The van der Waals surface area contributed by atoms with Crippen LogP contribution >= 0.6 is 0 Å². The average molecular weight is 296 g/mol. The molecular formula is C18H20N2O2. The van der Waals surface area contributed by atoms with Crippen LogP contribution in [0, 0.1) is 0 Å². The van der Waals surface area contributed by atoms with Gasteiger partial charge in [0.15, 0.2) is 0 Å². The van der Waals surface area contributed by atoms with Gasteiger partial charge >= 0.3 is 0 Å². The number of hydrazone groups is 1. The summed E-state index contributed by atoms with van der Waals surface area (Å²) in [5, 5.41) is 3.97. The van der Waals surface area contributed by atoms with Crippen LogP contribution in [0.5, 0.6) is 5.75 Å². The normalized spacial score (nSPS) is 10.9. The van der Waals surface area contributed by atoms with Crippen LogP contribution < -0.4 is 10.2 Å². The van der Waals surface area contributed by atoms with Crippen molar-refractivity contribution in [3.05, 3.63) is 65.2 Å². The van der Waals surface area contributed by atoms with Crippen molar-refractivity contribution in [2.24, 2.45) is 5.10 Å². The largest absolute Gasteiger partial charge is 0.497 e. The van der Waals surface area contributed by atoms with E-state index >= 15 is 0 Å². The predicted octanol–water partition coefficient (Wildman–Crippen LogP) is 3.58. The maximum Gasteiger partial charge on any atom is 0.271 e. The number of hydrogen-bond acceptors (Lipinski definition) is 3. The van der Waals surface area contributed by atoms with Crippen molar-refractivity contribution in [1.82, 2.24) is 5.43 Å². The van der Waals surface area contributed by atoms with Gasteiger partial charge in [-0.05, 0) is 41.3 Å². The van der Waals surface area contributed by atoms with Gasteiger partial charge in [0.25, 0.3) is 5.91 Å². The monoisotopic (exact) mass is 296 g/mol. The molecule has 0 saturated heterocycles. The Balaban J connectivity index is 1.98. The van der Waals surface area contributed by atoms with Crippen LogP contribution in [0.3, 0.4) is 0 Å². The molecule has 0 fully saturated rings. The fraction of sp³-hybridized carbons (Fsp3) is 0.222. The fourth-order valence-corrected chi connectivity index (χ4v) is 1.97. The van der Waals surface area contributed by atoms with E-state index in [9.17, 15) is 4.79 Å². The molecule has 22 heavy (non-hydrogen) atoms. The quantitative estimate of drug-likeness (QED) is 0.677. The number of methoxy groups -OCH3 is 1. The standard InChI is InChI=1S/C18H20N2O2/c1-13(2)15-7-9-16(10-8-15)18(21)20-19-12-14-5-4-6-17(11-14)22-3/h4-13H,1-3H3,(H,20,21). The molecule has 4 nitrogen and oxygen atoms in total. The third-order valence-electron chi connectivity index (χ3n) is 3.31. The van der Waals surface area contributed by atoms with E-state index in [0.717, 1.165) is 11.3 Å². The lowest BCUT2D eigenvalue weighted by Crippen LogP contribution is -2.17. The van der Waals surface area contributed by atoms with Crippen LogP contribution in [0.2, 0.25) is 0 Å². The third-order valence-corrected chi connectivity index (χ3v) is 3.31. The Morgan fingerprint density at radius 2 is 1.91 bits per heavy atom. The maximum atomic E-state index is 12.0. The Kier molecular flexibility index (Phi) is 5.31.